The summed E-state index contributed by atoms with van der Waals surface area (Å²) in [7, 11) is 0. The van der Waals surface area contributed by atoms with Crippen LogP contribution in [0.3, 0.4) is 0 Å². The summed E-state index contributed by atoms with van der Waals surface area (Å²) in [6.07, 6.45) is 6.36. The molecule has 0 unspecified atom stereocenters. The third-order valence-electron chi connectivity index (χ3n) is 6.36. The molecule has 40 heavy (non-hydrogen) atoms. The SMILES string of the molecule is CCOC(=O)CCCN(CC=Cc1cccc(C#N)c1)c1ccc(OC2CCN(C(=O)OC(C)(C)C)CC2)cc1. The van der Waals surface area contributed by atoms with Crippen LogP contribution in [0.4, 0.5) is 10.5 Å². The Bertz CT molecular complexity index is 1170. The van der Waals surface area contributed by atoms with Gasteiger partial charge >= 0.3 is 12.1 Å². The molecule has 0 bridgehead atoms. The summed E-state index contributed by atoms with van der Waals surface area (Å²) in [6, 6.07) is 17.6. The minimum Gasteiger partial charge on any atom is -0.490 e. The number of nitriles is 1. The first kappa shape index (κ1) is 30.6. The average Bonchev–Trinajstić information content (AvgIpc) is 2.92. The van der Waals surface area contributed by atoms with E-state index in [2.05, 4.69) is 17.0 Å². The molecule has 1 aliphatic rings. The van der Waals surface area contributed by atoms with Crippen molar-refractivity contribution in [2.24, 2.45) is 0 Å². The van der Waals surface area contributed by atoms with Crippen molar-refractivity contribution in [3.8, 4) is 11.8 Å². The van der Waals surface area contributed by atoms with Gasteiger partial charge in [0.1, 0.15) is 17.5 Å². The Balaban J connectivity index is 1.58. The number of benzene rings is 2. The molecule has 1 amide bonds. The molecule has 3 rings (SSSR count). The van der Waals surface area contributed by atoms with Crippen molar-refractivity contribution in [3.63, 3.8) is 0 Å². The number of carbonyl (C=O) groups excluding carboxylic acids is 2. The van der Waals surface area contributed by atoms with Crippen molar-refractivity contribution >= 4 is 23.8 Å². The summed E-state index contributed by atoms with van der Waals surface area (Å²) in [6.45, 7) is 10.3. The van der Waals surface area contributed by atoms with Crippen LogP contribution >= 0.6 is 0 Å². The zero-order valence-electron chi connectivity index (χ0n) is 24.1. The van der Waals surface area contributed by atoms with Gasteiger partial charge in [0.2, 0.25) is 0 Å². The number of rotatable bonds is 11. The fraction of sp³-hybridized carbons (Fsp3) is 0.469. The van der Waals surface area contributed by atoms with E-state index in [1.807, 2.05) is 76.2 Å². The van der Waals surface area contributed by atoms with Crippen LogP contribution in [0, 0.1) is 11.3 Å². The number of ether oxygens (including phenoxy) is 3. The lowest BCUT2D eigenvalue weighted by Crippen LogP contribution is -2.44. The number of hydrogen-bond acceptors (Lipinski definition) is 7. The molecular weight excluding hydrogens is 506 g/mol. The van der Waals surface area contributed by atoms with Crippen LogP contribution in [0.25, 0.3) is 6.08 Å². The van der Waals surface area contributed by atoms with E-state index < -0.39 is 5.60 Å². The van der Waals surface area contributed by atoms with E-state index in [-0.39, 0.29) is 18.2 Å². The van der Waals surface area contributed by atoms with Gasteiger partial charge in [0.25, 0.3) is 0 Å². The van der Waals surface area contributed by atoms with Gasteiger partial charge in [-0.15, -0.1) is 0 Å². The zero-order valence-corrected chi connectivity index (χ0v) is 24.1. The predicted octanol–water partition coefficient (Wildman–Crippen LogP) is 6.20. The fourth-order valence-corrected chi connectivity index (χ4v) is 4.41. The van der Waals surface area contributed by atoms with E-state index in [9.17, 15) is 9.59 Å². The highest BCUT2D eigenvalue weighted by Gasteiger charge is 2.27. The zero-order chi connectivity index (χ0) is 29.0. The van der Waals surface area contributed by atoms with Crippen molar-refractivity contribution in [1.29, 1.82) is 5.26 Å². The Labute approximate surface area is 238 Å². The molecule has 2 aromatic rings. The average molecular weight is 548 g/mol. The third-order valence-corrected chi connectivity index (χ3v) is 6.36. The molecule has 1 fully saturated rings. The van der Waals surface area contributed by atoms with E-state index in [1.54, 1.807) is 11.0 Å². The lowest BCUT2D eigenvalue weighted by Gasteiger charge is -2.33. The minimum atomic E-state index is -0.503. The maximum Gasteiger partial charge on any atom is 0.410 e. The van der Waals surface area contributed by atoms with E-state index in [4.69, 9.17) is 19.5 Å². The Morgan fingerprint density at radius 1 is 1.12 bits per heavy atom. The highest BCUT2D eigenvalue weighted by atomic mass is 16.6. The number of likely N-dealkylation sites (tertiary alicyclic amines) is 1. The lowest BCUT2D eigenvalue weighted by molar-refractivity contribution is -0.143. The molecule has 2 aromatic carbocycles. The van der Waals surface area contributed by atoms with E-state index in [0.717, 1.165) is 29.8 Å². The summed E-state index contributed by atoms with van der Waals surface area (Å²) in [5, 5.41) is 9.15. The Kier molecular flexibility index (Phi) is 11.4. The van der Waals surface area contributed by atoms with Crippen LogP contribution in [0.1, 0.15) is 64.5 Å². The van der Waals surface area contributed by atoms with Crippen molar-refractivity contribution < 1.29 is 23.8 Å². The van der Waals surface area contributed by atoms with Gasteiger partial charge in [-0.3, -0.25) is 4.79 Å². The van der Waals surface area contributed by atoms with E-state index in [1.165, 1.54) is 0 Å². The molecule has 0 N–H and O–H groups in total. The van der Waals surface area contributed by atoms with E-state index in [0.29, 0.717) is 51.2 Å². The summed E-state index contributed by atoms with van der Waals surface area (Å²) < 4.78 is 16.8. The van der Waals surface area contributed by atoms with Crippen molar-refractivity contribution in [3.05, 3.63) is 65.7 Å². The normalized spacial score (nSPS) is 14.0. The molecule has 8 nitrogen and oxygen atoms in total. The first-order valence-electron chi connectivity index (χ1n) is 14.0. The van der Waals surface area contributed by atoms with Crippen LogP contribution in [-0.4, -0.2) is 61.5 Å². The quantitative estimate of drug-likeness (QED) is 0.309. The topological polar surface area (TPSA) is 92.1 Å². The lowest BCUT2D eigenvalue weighted by atomic mass is 10.1. The Morgan fingerprint density at radius 2 is 1.85 bits per heavy atom. The number of anilines is 1. The number of nitrogens with zero attached hydrogens (tertiary/aromatic N) is 3. The minimum absolute atomic E-state index is 0.0392. The van der Waals surface area contributed by atoms with Crippen molar-refractivity contribution in [1.82, 2.24) is 4.90 Å². The molecule has 1 aliphatic heterocycles. The van der Waals surface area contributed by atoms with Gasteiger partial charge in [-0.2, -0.15) is 5.26 Å². The number of esters is 1. The van der Waals surface area contributed by atoms with Gasteiger partial charge in [-0.1, -0.05) is 24.3 Å². The summed E-state index contributed by atoms with van der Waals surface area (Å²) in [5.74, 6) is 0.600. The fourth-order valence-electron chi connectivity index (χ4n) is 4.41. The largest absolute Gasteiger partial charge is 0.490 e. The monoisotopic (exact) mass is 547 g/mol. The van der Waals surface area contributed by atoms with Crippen LogP contribution in [0.5, 0.6) is 5.75 Å². The molecule has 0 atom stereocenters. The second-order valence-corrected chi connectivity index (χ2v) is 10.8. The third kappa shape index (κ3) is 10.3. The highest BCUT2D eigenvalue weighted by molar-refractivity contribution is 5.69. The molecule has 1 heterocycles. The number of piperidine rings is 1. The maximum atomic E-state index is 12.3. The van der Waals surface area contributed by atoms with E-state index >= 15 is 0 Å². The predicted molar refractivity (Wildman–Crippen MR) is 156 cm³/mol. The van der Waals surface area contributed by atoms with Gasteiger partial charge in [-0.05, 0) is 76.1 Å². The molecule has 0 aliphatic carbocycles. The molecule has 0 spiro atoms. The van der Waals surface area contributed by atoms with Crippen molar-refractivity contribution in [2.45, 2.75) is 65.1 Å². The van der Waals surface area contributed by atoms with Gasteiger partial charge < -0.3 is 24.0 Å². The highest BCUT2D eigenvalue weighted by Crippen LogP contribution is 2.24. The van der Waals surface area contributed by atoms with Crippen LogP contribution in [0.15, 0.2) is 54.6 Å². The first-order chi connectivity index (χ1) is 19.2. The maximum absolute atomic E-state index is 12.3. The smallest absolute Gasteiger partial charge is 0.410 e. The van der Waals surface area contributed by atoms with Crippen LogP contribution < -0.4 is 9.64 Å². The number of amides is 1. The second-order valence-electron chi connectivity index (χ2n) is 10.8. The molecule has 0 radical (unpaired) electrons. The van der Waals surface area contributed by atoms with Crippen LogP contribution in [0.2, 0.25) is 0 Å². The van der Waals surface area contributed by atoms with Gasteiger partial charge in [0.15, 0.2) is 0 Å². The molecule has 1 saturated heterocycles. The summed E-state index contributed by atoms with van der Waals surface area (Å²) >= 11 is 0. The van der Waals surface area contributed by atoms with Gasteiger partial charge in [0, 0.05) is 51.1 Å². The molecule has 214 valence electrons. The van der Waals surface area contributed by atoms with Gasteiger partial charge in [-0.25, -0.2) is 4.79 Å². The summed E-state index contributed by atoms with van der Waals surface area (Å²) in [5.41, 5.74) is 2.11. The van der Waals surface area contributed by atoms with Gasteiger partial charge in [0.05, 0.1) is 18.2 Å². The first-order valence-corrected chi connectivity index (χ1v) is 14.0. The Morgan fingerprint density at radius 3 is 2.50 bits per heavy atom. The standard InChI is InChI=1S/C32H41N3O5/c1-5-38-30(36)12-8-20-34(19-7-11-25-9-6-10-26(23-25)24-33)27-13-15-28(16-14-27)39-29-17-21-35(22-18-29)31(37)40-32(2,3)4/h6-7,9-11,13-16,23,29H,5,8,12,17-22H2,1-4H3. The van der Waals surface area contributed by atoms with Crippen LogP contribution in [-0.2, 0) is 14.3 Å². The molecule has 0 saturated carbocycles. The second kappa shape index (κ2) is 15.0. The summed E-state index contributed by atoms with van der Waals surface area (Å²) in [4.78, 5) is 28.1. The molecule has 8 heteroatoms. The molecule has 0 aromatic heterocycles. The number of hydrogen-bond donors (Lipinski definition) is 0. The Hall–Kier alpha value is -3.99. The molecular formula is C32H41N3O5. The number of carbonyl (C=O) groups is 2. The van der Waals surface area contributed by atoms with Crippen molar-refractivity contribution in [2.75, 3.05) is 37.7 Å².